The Bertz CT molecular complexity index is 1340. The topological polar surface area (TPSA) is 49.8 Å². The van der Waals surface area contributed by atoms with Gasteiger partial charge in [-0.05, 0) is 34.4 Å². The number of halogens is 1. The van der Waals surface area contributed by atoms with Crippen molar-refractivity contribution < 1.29 is 19.0 Å². The molecule has 0 aliphatic carbocycles. The number of hydrogen-bond acceptors (Lipinski definition) is 3. The highest BCUT2D eigenvalue weighted by molar-refractivity contribution is 6.07. The van der Waals surface area contributed by atoms with Gasteiger partial charge in [-0.2, -0.15) is 0 Å². The summed E-state index contributed by atoms with van der Waals surface area (Å²) < 4.78 is 19.2. The highest BCUT2D eigenvalue weighted by Crippen LogP contribution is 2.46. The first-order valence-electron chi connectivity index (χ1n) is 10.7. The fourth-order valence-electron chi connectivity index (χ4n) is 4.52. The van der Waals surface area contributed by atoms with Crippen molar-refractivity contribution >= 4 is 11.6 Å². The van der Waals surface area contributed by atoms with Crippen LogP contribution in [0.15, 0.2) is 91.0 Å². The van der Waals surface area contributed by atoms with Gasteiger partial charge in [-0.3, -0.25) is 4.79 Å². The molecule has 4 aromatic carbocycles. The zero-order chi connectivity index (χ0) is 22.9. The maximum atomic E-state index is 14.1. The third-order valence-corrected chi connectivity index (χ3v) is 6.09. The molecule has 0 fully saturated rings. The number of fused-ring (bicyclic) bond motifs is 1. The summed E-state index contributed by atoms with van der Waals surface area (Å²) in [5.41, 5.74) is 5.00. The van der Waals surface area contributed by atoms with Crippen molar-refractivity contribution in [3.8, 4) is 22.6 Å². The van der Waals surface area contributed by atoms with E-state index in [-0.39, 0.29) is 17.4 Å². The number of hydrogen-bond donors (Lipinski definition) is 1. The van der Waals surface area contributed by atoms with Gasteiger partial charge in [0.1, 0.15) is 5.75 Å². The fourth-order valence-corrected chi connectivity index (χ4v) is 4.52. The molecule has 0 radical (unpaired) electrons. The average Bonchev–Trinajstić information content (AvgIpc) is 3.11. The number of nitrogens with zero attached hydrogens (tertiary/aromatic N) is 1. The molecule has 1 aliphatic heterocycles. The van der Waals surface area contributed by atoms with Crippen molar-refractivity contribution in [2.75, 3.05) is 12.0 Å². The minimum atomic E-state index is -0.750. The van der Waals surface area contributed by atoms with Crippen molar-refractivity contribution in [3.05, 3.63) is 114 Å². The number of carbonyl (C=O) groups is 1. The third kappa shape index (κ3) is 3.61. The van der Waals surface area contributed by atoms with E-state index >= 15 is 0 Å². The highest BCUT2D eigenvalue weighted by Gasteiger charge is 2.40. The Morgan fingerprint density at radius 1 is 0.909 bits per heavy atom. The summed E-state index contributed by atoms with van der Waals surface area (Å²) in [6.07, 6.45) is 0. The third-order valence-electron chi connectivity index (χ3n) is 6.09. The number of phenolic OH excluding ortho intramolecular Hbond substituents is 1. The Morgan fingerprint density at radius 2 is 1.61 bits per heavy atom. The van der Waals surface area contributed by atoms with Gasteiger partial charge in [0.25, 0.3) is 0 Å². The standard InChI is InChI=1S/C28H22FNO3/c1-33-26-15-22(25(31)16-23(26)29)27-21-13-7-8-14-24(21)30(28(27)32)17-19-11-5-6-12-20(19)18-9-3-2-4-10-18/h2-16,27,31H,17H2,1H3. The molecular formula is C28H22FNO3. The summed E-state index contributed by atoms with van der Waals surface area (Å²) in [6, 6.07) is 28.0. The summed E-state index contributed by atoms with van der Waals surface area (Å²) in [5.74, 6) is -1.89. The van der Waals surface area contributed by atoms with Gasteiger partial charge in [0.05, 0.1) is 19.6 Å². The number of ether oxygens (including phenoxy) is 1. The van der Waals surface area contributed by atoms with Crippen LogP contribution in [0.25, 0.3) is 11.1 Å². The van der Waals surface area contributed by atoms with E-state index in [0.717, 1.165) is 34.0 Å². The number of amides is 1. The molecule has 1 amide bonds. The van der Waals surface area contributed by atoms with E-state index in [0.29, 0.717) is 12.1 Å². The number of benzene rings is 4. The molecular weight excluding hydrogens is 417 g/mol. The molecule has 0 bridgehead atoms. The van der Waals surface area contributed by atoms with Crippen LogP contribution in [-0.2, 0) is 11.3 Å². The predicted molar refractivity (Wildman–Crippen MR) is 126 cm³/mol. The summed E-state index contributed by atoms with van der Waals surface area (Å²) >= 11 is 0. The normalized spacial score (nSPS) is 14.9. The predicted octanol–water partition coefficient (Wildman–Crippen LogP) is 5.89. The van der Waals surface area contributed by atoms with Gasteiger partial charge in [-0.1, -0.05) is 72.8 Å². The number of para-hydroxylation sites is 1. The van der Waals surface area contributed by atoms with Gasteiger partial charge < -0.3 is 14.7 Å². The largest absolute Gasteiger partial charge is 0.508 e. The molecule has 1 heterocycles. The van der Waals surface area contributed by atoms with Gasteiger partial charge in [-0.25, -0.2) is 4.39 Å². The van der Waals surface area contributed by atoms with Crippen LogP contribution < -0.4 is 9.64 Å². The zero-order valence-electron chi connectivity index (χ0n) is 18.0. The van der Waals surface area contributed by atoms with E-state index in [9.17, 15) is 14.3 Å². The first-order chi connectivity index (χ1) is 16.1. The van der Waals surface area contributed by atoms with Crippen molar-refractivity contribution in [3.63, 3.8) is 0 Å². The lowest BCUT2D eigenvalue weighted by atomic mass is 9.91. The van der Waals surface area contributed by atoms with Crippen LogP contribution in [0.4, 0.5) is 10.1 Å². The Hall–Kier alpha value is -4.12. The Kier molecular flexibility index (Phi) is 5.31. The van der Waals surface area contributed by atoms with Crippen LogP contribution in [0.3, 0.4) is 0 Å². The molecule has 0 saturated heterocycles. The lowest BCUT2D eigenvalue weighted by Crippen LogP contribution is -2.29. The van der Waals surface area contributed by atoms with Crippen LogP contribution in [0.5, 0.6) is 11.5 Å². The van der Waals surface area contributed by atoms with Crippen molar-refractivity contribution in [2.24, 2.45) is 0 Å². The number of phenols is 1. The summed E-state index contributed by atoms with van der Waals surface area (Å²) in [4.78, 5) is 15.5. The maximum absolute atomic E-state index is 14.1. The number of aromatic hydroxyl groups is 1. The second kappa shape index (κ2) is 8.43. The Morgan fingerprint density at radius 3 is 2.39 bits per heavy atom. The second-order valence-electron chi connectivity index (χ2n) is 7.98. The smallest absolute Gasteiger partial charge is 0.239 e. The van der Waals surface area contributed by atoms with Gasteiger partial charge in [0.2, 0.25) is 5.91 Å². The number of anilines is 1. The van der Waals surface area contributed by atoms with Crippen molar-refractivity contribution in [1.29, 1.82) is 0 Å². The van der Waals surface area contributed by atoms with Gasteiger partial charge in [0.15, 0.2) is 11.6 Å². The van der Waals surface area contributed by atoms with Crippen LogP contribution in [0, 0.1) is 5.82 Å². The monoisotopic (exact) mass is 439 g/mol. The fraction of sp³-hybridized carbons (Fsp3) is 0.107. The molecule has 1 atom stereocenters. The number of carbonyl (C=O) groups excluding carboxylic acids is 1. The molecule has 1 N–H and O–H groups in total. The molecule has 1 unspecified atom stereocenters. The SMILES string of the molecule is COc1cc(C2C(=O)N(Cc3ccccc3-c3ccccc3)c3ccccc32)c(O)cc1F. The van der Waals surface area contributed by atoms with Gasteiger partial charge in [0, 0.05) is 17.3 Å². The molecule has 4 nitrogen and oxygen atoms in total. The zero-order valence-corrected chi connectivity index (χ0v) is 18.0. The molecule has 4 aromatic rings. The second-order valence-corrected chi connectivity index (χ2v) is 7.98. The molecule has 1 aliphatic rings. The van der Waals surface area contributed by atoms with E-state index in [1.807, 2.05) is 78.9 Å². The van der Waals surface area contributed by atoms with Crippen LogP contribution in [-0.4, -0.2) is 18.1 Å². The Labute approximate surface area is 191 Å². The summed E-state index contributed by atoms with van der Waals surface area (Å²) in [5, 5.41) is 10.5. The molecule has 33 heavy (non-hydrogen) atoms. The highest BCUT2D eigenvalue weighted by atomic mass is 19.1. The minimum absolute atomic E-state index is 0.0130. The minimum Gasteiger partial charge on any atom is -0.508 e. The Balaban J connectivity index is 1.58. The molecule has 0 saturated carbocycles. The molecule has 5 heteroatoms. The first kappa shape index (κ1) is 20.8. The van der Waals surface area contributed by atoms with Crippen LogP contribution in [0.1, 0.15) is 22.6 Å². The summed E-state index contributed by atoms with van der Waals surface area (Å²) in [6.45, 7) is 0.372. The lowest BCUT2D eigenvalue weighted by molar-refractivity contribution is -0.118. The molecule has 0 spiro atoms. The lowest BCUT2D eigenvalue weighted by Gasteiger charge is -2.21. The van der Waals surface area contributed by atoms with E-state index < -0.39 is 11.7 Å². The average molecular weight is 439 g/mol. The molecule has 164 valence electrons. The van der Waals surface area contributed by atoms with Gasteiger partial charge in [-0.15, -0.1) is 0 Å². The number of rotatable bonds is 5. The summed E-state index contributed by atoms with van der Waals surface area (Å²) in [7, 11) is 1.36. The quantitative estimate of drug-likeness (QED) is 0.422. The van der Waals surface area contributed by atoms with Gasteiger partial charge >= 0.3 is 0 Å². The van der Waals surface area contributed by atoms with E-state index in [4.69, 9.17) is 4.74 Å². The molecule has 0 aromatic heterocycles. The van der Waals surface area contributed by atoms with E-state index in [1.165, 1.54) is 13.2 Å². The van der Waals surface area contributed by atoms with Crippen LogP contribution >= 0.6 is 0 Å². The van der Waals surface area contributed by atoms with E-state index in [1.54, 1.807) is 4.90 Å². The van der Waals surface area contributed by atoms with Crippen LogP contribution in [0.2, 0.25) is 0 Å². The van der Waals surface area contributed by atoms with Crippen molar-refractivity contribution in [2.45, 2.75) is 12.5 Å². The maximum Gasteiger partial charge on any atom is 0.239 e. The van der Waals surface area contributed by atoms with Crippen molar-refractivity contribution in [1.82, 2.24) is 0 Å². The number of methoxy groups -OCH3 is 1. The van der Waals surface area contributed by atoms with E-state index in [2.05, 4.69) is 0 Å². The molecule has 5 rings (SSSR count). The first-order valence-corrected chi connectivity index (χ1v) is 10.7.